The zero-order valence-corrected chi connectivity index (χ0v) is 12.7. The molecule has 20 heavy (non-hydrogen) atoms. The lowest BCUT2D eigenvalue weighted by molar-refractivity contribution is -0.139. The number of rotatable bonds is 6. The van der Waals surface area contributed by atoms with Crippen molar-refractivity contribution in [2.45, 2.75) is 0 Å². The second kappa shape index (κ2) is 7.53. The predicted molar refractivity (Wildman–Crippen MR) is 82.2 cm³/mol. The van der Waals surface area contributed by atoms with Gasteiger partial charge in [0.25, 0.3) is 0 Å². The van der Waals surface area contributed by atoms with Crippen molar-refractivity contribution in [3.05, 3.63) is 21.3 Å². The number of aliphatic carboxylic acids is 1. The molecule has 0 fully saturated rings. The molecule has 0 aliphatic rings. The molecule has 1 aromatic rings. The van der Waals surface area contributed by atoms with Crippen LogP contribution < -0.4 is 20.9 Å². The molecule has 108 valence electrons. The van der Waals surface area contributed by atoms with Gasteiger partial charge in [0.2, 0.25) is 5.96 Å². The Morgan fingerprint density at radius 1 is 1.50 bits per heavy atom. The average molecular weight is 392 g/mol. The normalized spacial score (nSPS) is 10.3. The highest BCUT2D eigenvalue weighted by molar-refractivity contribution is 14.1. The number of hydrogen-bond acceptors (Lipinski definition) is 5. The van der Waals surface area contributed by atoms with Crippen molar-refractivity contribution < 1.29 is 19.4 Å². The van der Waals surface area contributed by atoms with E-state index in [1.54, 1.807) is 12.1 Å². The van der Waals surface area contributed by atoms with Gasteiger partial charge in [-0.25, -0.2) is 4.79 Å². The van der Waals surface area contributed by atoms with E-state index in [1.807, 2.05) is 22.6 Å². The number of nitrogens with zero attached hydrogens (tertiary/aromatic N) is 2. The van der Waals surface area contributed by atoms with Crippen LogP contribution in [0.4, 0.5) is 0 Å². The topological polar surface area (TPSA) is 133 Å². The minimum Gasteiger partial charge on any atom is -0.493 e. The minimum absolute atomic E-state index is 0.149. The van der Waals surface area contributed by atoms with Crippen LogP contribution in [0.15, 0.2) is 22.3 Å². The molecule has 0 aromatic heterocycles. The van der Waals surface area contributed by atoms with Gasteiger partial charge in [0, 0.05) is 0 Å². The molecule has 0 bridgehead atoms. The van der Waals surface area contributed by atoms with E-state index in [0.717, 1.165) is 0 Å². The quantitative estimate of drug-likeness (QED) is 0.277. The zero-order valence-electron chi connectivity index (χ0n) is 10.5. The van der Waals surface area contributed by atoms with Crippen LogP contribution in [0, 0.1) is 3.57 Å². The zero-order chi connectivity index (χ0) is 15.1. The first-order valence-corrected chi connectivity index (χ1v) is 6.36. The summed E-state index contributed by atoms with van der Waals surface area (Å²) in [5, 5.41) is 15.8. The molecule has 0 saturated heterocycles. The second-order valence-corrected chi connectivity index (χ2v) is 4.65. The van der Waals surface area contributed by atoms with E-state index in [0.29, 0.717) is 20.6 Å². The van der Waals surface area contributed by atoms with E-state index in [1.165, 1.54) is 13.3 Å². The summed E-state index contributed by atoms with van der Waals surface area (Å²) in [4.78, 5) is 10.5. The molecular formula is C11H13IN4O4. The number of halogens is 1. The second-order valence-electron chi connectivity index (χ2n) is 3.49. The fourth-order valence-corrected chi connectivity index (χ4v) is 2.03. The van der Waals surface area contributed by atoms with Crippen molar-refractivity contribution in [3.63, 3.8) is 0 Å². The molecule has 0 aliphatic carbocycles. The Bertz CT molecular complexity index is 556. The first-order valence-electron chi connectivity index (χ1n) is 5.28. The van der Waals surface area contributed by atoms with Gasteiger partial charge < -0.3 is 26.0 Å². The van der Waals surface area contributed by atoms with Crippen molar-refractivity contribution in [2.75, 3.05) is 13.7 Å². The molecule has 8 nitrogen and oxygen atoms in total. The van der Waals surface area contributed by atoms with E-state index in [4.69, 9.17) is 26.0 Å². The Morgan fingerprint density at radius 3 is 2.75 bits per heavy atom. The molecule has 1 aromatic carbocycles. The summed E-state index contributed by atoms with van der Waals surface area (Å²) in [7, 11) is 1.45. The number of methoxy groups -OCH3 is 1. The number of carboxylic acids is 1. The van der Waals surface area contributed by atoms with E-state index >= 15 is 0 Å². The van der Waals surface area contributed by atoms with Crippen LogP contribution in [0.5, 0.6) is 11.5 Å². The molecule has 5 N–H and O–H groups in total. The minimum atomic E-state index is -1.07. The Kier molecular flexibility index (Phi) is 6.03. The lowest BCUT2D eigenvalue weighted by atomic mass is 10.2. The van der Waals surface area contributed by atoms with Crippen LogP contribution in [0.25, 0.3) is 0 Å². The summed E-state index contributed by atoms with van der Waals surface area (Å²) in [6.07, 6.45) is 1.44. The highest BCUT2D eigenvalue weighted by Gasteiger charge is 2.12. The monoisotopic (exact) mass is 392 g/mol. The molecular weight excluding hydrogens is 379 g/mol. The molecule has 0 atom stereocenters. The van der Waals surface area contributed by atoms with Gasteiger partial charge in [-0.3, -0.25) is 0 Å². The van der Waals surface area contributed by atoms with Gasteiger partial charge in [0.1, 0.15) is 0 Å². The lowest BCUT2D eigenvalue weighted by Crippen LogP contribution is -2.21. The lowest BCUT2D eigenvalue weighted by Gasteiger charge is -2.11. The largest absolute Gasteiger partial charge is 0.493 e. The fraction of sp³-hybridized carbons (Fsp3) is 0.182. The highest BCUT2D eigenvalue weighted by Crippen LogP contribution is 2.33. The first-order chi connectivity index (χ1) is 9.43. The Morgan fingerprint density at radius 2 is 2.20 bits per heavy atom. The molecule has 0 heterocycles. The van der Waals surface area contributed by atoms with E-state index in [-0.39, 0.29) is 5.96 Å². The standard InChI is InChI=1S/C11H13IN4O4/c1-19-8-3-6(4-15-16-11(13)14)2-7(12)10(8)20-5-9(17)18/h2-4H,5H2,1H3,(H,17,18)(H4,13,14,16). The van der Waals surface area contributed by atoms with Crippen LogP contribution in [-0.2, 0) is 4.79 Å². The highest BCUT2D eigenvalue weighted by atomic mass is 127. The van der Waals surface area contributed by atoms with Gasteiger partial charge in [-0.05, 0) is 40.3 Å². The van der Waals surface area contributed by atoms with Gasteiger partial charge in [-0.1, -0.05) is 0 Å². The molecule has 0 unspecified atom stereocenters. The van der Waals surface area contributed by atoms with Gasteiger partial charge in [0.15, 0.2) is 18.1 Å². The van der Waals surface area contributed by atoms with E-state index in [9.17, 15) is 4.79 Å². The van der Waals surface area contributed by atoms with Crippen molar-refractivity contribution in [1.82, 2.24) is 0 Å². The van der Waals surface area contributed by atoms with Crippen LogP contribution in [-0.4, -0.2) is 37.0 Å². The maximum atomic E-state index is 10.5. The predicted octanol–water partition coefficient (Wildman–Crippen LogP) is 0.370. The number of ether oxygens (including phenoxy) is 2. The summed E-state index contributed by atoms with van der Waals surface area (Å²) in [5.74, 6) is -0.468. The van der Waals surface area contributed by atoms with Gasteiger partial charge in [-0.2, -0.15) is 5.10 Å². The number of hydrogen-bond donors (Lipinski definition) is 3. The number of nitrogens with two attached hydrogens (primary N) is 2. The molecule has 9 heteroatoms. The van der Waals surface area contributed by atoms with Crippen molar-refractivity contribution in [3.8, 4) is 11.5 Å². The van der Waals surface area contributed by atoms with Crippen molar-refractivity contribution >= 4 is 40.7 Å². The Hall–Kier alpha value is -2.04. The van der Waals surface area contributed by atoms with Crippen molar-refractivity contribution in [1.29, 1.82) is 0 Å². The van der Waals surface area contributed by atoms with Crippen LogP contribution in [0.2, 0.25) is 0 Å². The third-order valence-electron chi connectivity index (χ3n) is 1.97. The SMILES string of the molecule is COc1cc(C=NN=C(N)N)cc(I)c1OCC(=O)O. The van der Waals surface area contributed by atoms with Crippen LogP contribution in [0.3, 0.4) is 0 Å². The molecule has 0 saturated carbocycles. The Balaban J connectivity index is 3.03. The summed E-state index contributed by atoms with van der Waals surface area (Å²) >= 11 is 2.00. The maximum Gasteiger partial charge on any atom is 0.341 e. The third-order valence-corrected chi connectivity index (χ3v) is 2.77. The summed E-state index contributed by atoms with van der Waals surface area (Å²) in [6.45, 7) is -0.451. The number of guanidine groups is 1. The molecule has 0 amide bonds. The van der Waals surface area contributed by atoms with Crippen molar-refractivity contribution in [2.24, 2.45) is 21.7 Å². The summed E-state index contributed by atoms with van der Waals surface area (Å²) in [6, 6.07) is 3.36. The molecule has 0 spiro atoms. The fourth-order valence-electron chi connectivity index (χ4n) is 1.25. The first kappa shape index (κ1) is 16.0. The number of carbonyl (C=O) groups is 1. The van der Waals surface area contributed by atoms with Gasteiger partial charge >= 0.3 is 5.97 Å². The molecule has 0 radical (unpaired) electrons. The summed E-state index contributed by atoms with van der Waals surface area (Å²) < 4.78 is 11.0. The van der Waals surface area contributed by atoms with Gasteiger partial charge in [-0.15, -0.1) is 5.10 Å². The third kappa shape index (κ3) is 4.91. The van der Waals surface area contributed by atoms with E-state index < -0.39 is 12.6 Å². The molecule has 1 rings (SSSR count). The Labute approximate surface area is 128 Å². The molecule has 0 aliphatic heterocycles. The van der Waals surface area contributed by atoms with Gasteiger partial charge in [0.05, 0.1) is 16.9 Å². The van der Waals surface area contributed by atoms with Crippen LogP contribution >= 0.6 is 22.6 Å². The van der Waals surface area contributed by atoms with E-state index in [2.05, 4.69) is 10.2 Å². The maximum absolute atomic E-state index is 10.5. The summed E-state index contributed by atoms with van der Waals surface area (Å²) in [5.41, 5.74) is 11.0. The number of carboxylic acid groups (broad SMARTS) is 1. The average Bonchev–Trinajstić information content (AvgIpc) is 2.36. The smallest absolute Gasteiger partial charge is 0.341 e. The number of benzene rings is 1. The van der Waals surface area contributed by atoms with Crippen LogP contribution in [0.1, 0.15) is 5.56 Å².